The van der Waals surface area contributed by atoms with Gasteiger partial charge in [0, 0.05) is 26.7 Å². The van der Waals surface area contributed by atoms with E-state index < -0.39 is 0 Å². The molecule has 2 saturated heterocycles. The molecule has 0 aliphatic carbocycles. The van der Waals surface area contributed by atoms with Crippen LogP contribution in [-0.2, 0) is 4.74 Å². The first-order valence-corrected chi connectivity index (χ1v) is 10.1. The maximum atomic E-state index is 5.93. The second-order valence-corrected chi connectivity index (χ2v) is 6.99. The van der Waals surface area contributed by atoms with Crippen molar-refractivity contribution in [1.29, 1.82) is 0 Å². The van der Waals surface area contributed by atoms with Gasteiger partial charge in [-0.25, -0.2) is 0 Å². The highest BCUT2D eigenvalue weighted by Gasteiger charge is 2.36. The van der Waals surface area contributed by atoms with Crippen LogP contribution in [0.1, 0.15) is 73.6 Å². The first-order valence-electron chi connectivity index (χ1n) is 10.1. The minimum absolute atomic E-state index is 0.131. The number of ether oxygens (including phenoxy) is 1. The predicted molar refractivity (Wildman–Crippen MR) is 103 cm³/mol. The van der Waals surface area contributed by atoms with Gasteiger partial charge < -0.3 is 14.5 Å². The number of likely N-dealkylation sites (tertiary alicyclic amines) is 2. The van der Waals surface area contributed by atoms with Crippen molar-refractivity contribution in [2.75, 3.05) is 46.4 Å². The van der Waals surface area contributed by atoms with E-state index in [9.17, 15) is 0 Å². The molecule has 0 radical (unpaired) electrons. The molecular weight excluding hydrogens is 284 g/mol. The van der Waals surface area contributed by atoms with Gasteiger partial charge in [0.25, 0.3) is 0 Å². The Morgan fingerprint density at radius 2 is 1.39 bits per heavy atom. The van der Waals surface area contributed by atoms with Crippen molar-refractivity contribution in [2.45, 2.75) is 79.2 Å². The zero-order chi connectivity index (χ0) is 17.7. The summed E-state index contributed by atoms with van der Waals surface area (Å²) < 4.78 is 5.93. The Hall–Kier alpha value is -0.120. The average Bonchev–Trinajstić information content (AvgIpc) is 2.60. The summed E-state index contributed by atoms with van der Waals surface area (Å²) in [5.74, 6) is 0.918. The van der Waals surface area contributed by atoms with E-state index in [-0.39, 0.29) is 5.60 Å². The maximum Gasteiger partial charge on any atom is 0.0829 e. The summed E-state index contributed by atoms with van der Waals surface area (Å²) in [6.07, 6.45) is 6.37. The van der Waals surface area contributed by atoms with Crippen molar-refractivity contribution in [1.82, 2.24) is 9.80 Å². The van der Waals surface area contributed by atoms with Crippen LogP contribution >= 0.6 is 0 Å². The van der Waals surface area contributed by atoms with Crippen LogP contribution in [0.15, 0.2) is 0 Å². The average molecular weight is 329 g/mol. The number of hydrogen-bond donors (Lipinski definition) is 0. The highest BCUT2D eigenvalue weighted by Crippen LogP contribution is 2.28. The molecule has 2 rings (SSSR count). The zero-order valence-corrected chi connectivity index (χ0v) is 17.2. The lowest BCUT2D eigenvalue weighted by Crippen LogP contribution is -2.53. The summed E-state index contributed by atoms with van der Waals surface area (Å²) >= 11 is 0. The fourth-order valence-corrected chi connectivity index (χ4v) is 3.33. The lowest BCUT2D eigenvalue weighted by molar-refractivity contribution is -0.0792. The van der Waals surface area contributed by atoms with Gasteiger partial charge in [0.05, 0.1) is 5.60 Å². The van der Waals surface area contributed by atoms with Gasteiger partial charge in [0.2, 0.25) is 0 Å². The maximum absolute atomic E-state index is 5.93. The Bertz CT molecular complexity index is 254. The van der Waals surface area contributed by atoms with E-state index >= 15 is 0 Å². The van der Waals surface area contributed by atoms with Gasteiger partial charge in [-0.05, 0) is 51.2 Å². The van der Waals surface area contributed by atoms with Gasteiger partial charge in [-0.1, -0.05) is 48.0 Å². The van der Waals surface area contributed by atoms with Crippen LogP contribution in [0.2, 0.25) is 0 Å². The third kappa shape index (κ3) is 8.51. The lowest BCUT2D eigenvalue weighted by Gasteiger charge is -2.44. The van der Waals surface area contributed by atoms with E-state index in [0.717, 1.165) is 12.5 Å². The number of nitrogens with zero attached hydrogens (tertiary/aromatic N) is 2. The normalized spacial score (nSPS) is 22.6. The van der Waals surface area contributed by atoms with Crippen LogP contribution in [0, 0.1) is 5.92 Å². The molecule has 0 spiro atoms. The molecule has 3 heteroatoms. The van der Waals surface area contributed by atoms with Crippen LogP contribution in [-0.4, -0.2) is 61.8 Å². The number of piperidine rings is 2. The minimum atomic E-state index is 0.131. The highest BCUT2D eigenvalue weighted by molar-refractivity contribution is 4.91. The molecule has 0 saturated carbocycles. The first kappa shape index (κ1) is 22.9. The Labute approximate surface area is 146 Å². The quantitative estimate of drug-likeness (QED) is 0.746. The molecule has 2 fully saturated rings. The molecular formula is C20H44N2O. The Balaban J connectivity index is 0.000000868. The predicted octanol–water partition coefficient (Wildman–Crippen LogP) is 4.66. The van der Waals surface area contributed by atoms with Crippen LogP contribution < -0.4 is 0 Å². The lowest BCUT2D eigenvalue weighted by atomic mass is 9.89. The van der Waals surface area contributed by atoms with Crippen molar-refractivity contribution in [2.24, 2.45) is 5.92 Å². The minimum Gasteiger partial charge on any atom is -0.377 e. The second kappa shape index (κ2) is 13.2. The van der Waals surface area contributed by atoms with Gasteiger partial charge in [-0.2, -0.15) is 0 Å². The van der Waals surface area contributed by atoms with Gasteiger partial charge in [-0.15, -0.1) is 0 Å². The molecule has 23 heavy (non-hydrogen) atoms. The van der Waals surface area contributed by atoms with Crippen molar-refractivity contribution in [3.05, 3.63) is 0 Å². The third-order valence-electron chi connectivity index (χ3n) is 5.04. The molecule has 140 valence electrons. The molecule has 0 bridgehead atoms. The van der Waals surface area contributed by atoms with E-state index in [0.29, 0.717) is 0 Å². The Kier molecular flexibility index (Phi) is 13.1. The van der Waals surface area contributed by atoms with Crippen LogP contribution in [0.25, 0.3) is 0 Å². The summed E-state index contributed by atoms with van der Waals surface area (Å²) in [5, 5.41) is 0. The molecule has 0 amide bonds. The van der Waals surface area contributed by atoms with Crippen LogP contribution in [0.5, 0.6) is 0 Å². The molecule has 0 atom stereocenters. The monoisotopic (exact) mass is 328 g/mol. The van der Waals surface area contributed by atoms with Crippen LogP contribution in [0.3, 0.4) is 0 Å². The smallest absolute Gasteiger partial charge is 0.0829 e. The topological polar surface area (TPSA) is 15.7 Å². The van der Waals surface area contributed by atoms with E-state index in [4.69, 9.17) is 4.74 Å². The Morgan fingerprint density at radius 3 is 1.78 bits per heavy atom. The second-order valence-electron chi connectivity index (χ2n) is 6.99. The number of hydrogen-bond acceptors (Lipinski definition) is 3. The van der Waals surface area contributed by atoms with Gasteiger partial charge in [0.1, 0.15) is 0 Å². The molecule has 0 N–H and O–H groups in total. The summed E-state index contributed by atoms with van der Waals surface area (Å²) in [7, 11) is 1.91. The van der Waals surface area contributed by atoms with Crippen molar-refractivity contribution in [3.63, 3.8) is 0 Å². The molecule has 0 aromatic carbocycles. The van der Waals surface area contributed by atoms with Gasteiger partial charge >= 0.3 is 0 Å². The van der Waals surface area contributed by atoms with Crippen molar-refractivity contribution < 1.29 is 4.74 Å². The first-order chi connectivity index (χ1) is 11.1. The third-order valence-corrected chi connectivity index (χ3v) is 5.04. The van der Waals surface area contributed by atoms with Crippen molar-refractivity contribution >= 4 is 0 Å². The van der Waals surface area contributed by atoms with Crippen molar-refractivity contribution in [3.8, 4) is 0 Å². The van der Waals surface area contributed by atoms with Crippen LogP contribution in [0.4, 0.5) is 0 Å². The SMILES string of the molecule is CC.CCC.CCN1CCC(CN2CCC(C)CC2)(OC)CC1. The highest BCUT2D eigenvalue weighted by atomic mass is 16.5. The molecule has 2 aliphatic rings. The number of methoxy groups -OCH3 is 1. The molecule has 2 aliphatic heterocycles. The summed E-state index contributed by atoms with van der Waals surface area (Å²) in [4.78, 5) is 5.17. The summed E-state index contributed by atoms with van der Waals surface area (Å²) in [6, 6.07) is 0. The molecule has 0 aromatic rings. The van der Waals surface area contributed by atoms with E-state index in [1.165, 1.54) is 64.8 Å². The van der Waals surface area contributed by atoms with Gasteiger partial charge in [0.15, 0.2) is 0 Å². The summed E-state index contributed by atoms with van der Waals surface area (Å²) in [6.45, 7) is 20.2. The van der Waals surface area contributed by atoms with Gasteiger partial charge in [-0.3, -0.25) is 0 Å². The summed E-state index contributed by atoms with van der Waals surface area (Å²) in [5.41, 5.74) is 0.131. The van der Waals surface area contributed by atoms with E-state index in [1.807, 2.05) is 21.0 Å². The fourth-order valence-electron chi connectivity index (χ4n) is 3.33. The molecule has 2 heterocycles. The fraction of sp³-hybridized carbons (Fsp3) is 1.00. The molecule has 0 unspecified atom stereocenters. The molecule has 0 aromatic heterocycles. The Morgan fingerprint density at radius 1 is 0.913 bits per heavy atom. The largest absolute Gasteiger partial charge is 0.377 e. The van der Waals surface area contributed by atoms with E-state index in [1.54, 1.807) is 0 Å². The standard InChI is InChI=1S/C15H30N2O.C3H8.C2H6/c1-4-16-11-7-15(18-3,8-12-16)13-17-9-5-14(2)6-10-17;1-3-2;1-2/h14H,4-13H2,1-3H3;3H2,1-2H3;1-2H3. The zero-order valence-electron chi connectivity index (χ0n) is 17.2. The van der Waals surface area contributed by atoms with E-state index in [2.05, 4.69) is 37.5 Å². The molecule has 3 nitrogen and oxygen atoms in total. The number of rotatable bonds is 4.